The largest absolute Gasteiger partial charge is 0.368 e. The molecule has 0 unspecified atom stereocenters. The van der Waals surface area contributed by atoms with Crippen LogP contribution in [0.3, 0.4) is 0 Å². The van der Waals surface area contributed by atoms with Crippen molar-refractivity contribution in [1.29, 1.82) is 0 Å². The molecule has 0 bridgehead atoms. The fourth-order valence-electron chi connectivity index (χ4n) is 5.70. The second-order valence-corrected chi connectivity index (χ2v) is 11.3. The standard InChI is InChI=1S/C30H31N9O3S/c1-2-13-37-18-26(40)38-23(14-22-11-12-32-29(31)35-22)28(41)36(16-21-9-6-10-24-27(21)34-19-43-24)17-25(38)39(37)30(42)33-15-20-7-4-3-5-8-20/h2-12,19,23,25H,1,13-18H2,(H,33,42)(H2,31,32,35)/t23-,25-/m0/s1. The molecule has 6 rings (SSSR count). The van der Waals surface area contributed by atoms with E-state index in [1.807, 2.05) is 48.5 Å². The van der Waals surface area contributed by atoms with Gasteiger partial charge in [-0.05, 0) is 23.3 Å². The Labute approximate surface area is 252 Å². The maximum Gasteiger partial charge on any atom is 0.334 e. The zero-order valence-electron chi connectivity index (χ0n) is 23.4. The molecule has 2 aliphatic heterocycles. The summed E-state index contributed by atoms with van der Waals surface area (Å²) in [5.41, 5.74) is 10.8. The van der Waals surface area contributed by atoms with Crippen LogP contribution in [-0.2, 0) is 29.1 Å². The lowest BCUT2D eigenvalue weighted by atomic mass is 10.0. The lowest BCUT2D eigenvalue weighted by molar-refractivity contribution is -0.189. The molecule has 0 radical (unpaired) electrons. The van der Waals surface area contributed by atoms with E-state index in [-0.39, 0.29) is 56.4 Å². The maximum atomic E-state index is 14.2. The van der Waals surface area contributed by atoms with Gasteiger partial charge >= 0.3 is 6.03 Å². The van der Waals surface area contributed by atoms with Crippen LogP contribution >= 0.6 is 11.3 Å². The molecule has 2 saturated heterocycles. The van der Waals surface area contributed by atoms with E-state index in [0.29, 0.717) is 12.2 Å². The summed E-state index contributed by atoms with van der Waals surface area (Å²) >= 11 is 1.53. The number of nitrogen functional groups attached to an aromatic ring is 1. The molecule has 4 heterocycles. The monoisotopic (exact) mass is 597 g/mol. The third-order valence-electron chi connectivity index (χ3n) is 7.60. The number of benzene rings is 2. The molecular weight excluding hydrogens is 566 g/mol. The predicted molar refractivity (Wildman–Crippen MR) is 162 cm³/mol. The number of thiazole rings is 1. The smallest absolute Gasteiger partial charge is 0.334 e. The summed E-state index contributed by atoms with van der Waals surface area (Å²) in [6.45, 7) is 4.70. The number of piperazine rings is 1. The van der Waals surface area contributed by atoms with Gasteiger partial charge in [-0.25, -0.2) is 29.8 Å². The first kappa shape index (κ1) is 28.2. The first-order valence-corrected chi connectivity index (χ1v) is 14.8. The van der Waals surface area contributed by atoms with Gasteiger partial charge < -0.3 is 20.9 Å². The van der Waals surface area contributed by atoms with Gasteiger partial charge in [0.15, 0.2) is 0 Å². The van der Waals surface area contributed by atoms with Crippen LogP contribution in [0, 0.1) is 0 Å². The molecule has 2 fully saturated rings. The number of nitrogens with one attached hydrogen (secondary N) is 1. The summed E-state index contributed by atoms with van der Waals surface area (Å²) in [6, 6.07) is 15.8. The summed E-state index contributed by atoms with van der Waals surface area (Å²) in [7, 11) is 0. The average molecular weight is 598 g/mol. The van der Waals surface area contributed by atoms with E-state index in [0.717, 1.165) is 21.3 Å². The van der Waals surface area contributed by atoms with Gasteiger partial charge in [-0.1, -0.05) is 48.5 Å². The van der Waals surface area contributed by atoms with Crippen LogP contribution in [-0.4, -0.2) is 84.5 Å². The van der Waals surface area contributed by atoms with E-state index in [9.17, 15) is 14.4 Å². The molecule has 4 aromatic rings. The average Bonchev–Trinajstić information content (AvgIpc) is 3.49. The molecule has 43 heavy (non-hydrogen) atoms. The van der Waals surface area contributed by atoms with E-state index in [2.05, 4.69) is 26.8 Å². The number of nitrogens with zero attached hydrogens (tertiary/aromatic N) is 7. The van der Waals surface area contributed by atoms with E-state index >= 15 is 0 Å². The van der Waals surface area contributed by atoms with Gasteiger partial charge in [0.2, 0.25) is 17.8 Å². The van der Waals surface area contributed by atoms with Crippen molar-refractivity contribution < 1.29 is 14.4 Å². The molecule has 12 nitrogen and oxygen atoms in total. The van der Waals surface area contributed by atoms with Crippen molar-refractivity contribution in [2.45, 2.75) is 31.7 Å². The molecule has 220 valence electrons. The lowest BCUT2D eigenvalue weighted by Gasteiger charge is -2.55. The van der Waals surface area contributed by atoms with E-state index in [1.165, 1.54) is 22.4 Å². The Balaban J connectivity index is 1.37. The predicted octanol–water partition coefficient (Wildman–Crippen LogP) is 2.41. The van der Waals surface area contributed by atoms with Gasteiger partial charge in [0, 0.05) is 37.9 Å². The summed E-state index contributed by atoms with van der Waals surface area (Å²) < 4.78 is 1.02. The molecule has 0 saturated carbocycles. The first-order chi connectivity index (χ1) is 20.9. The molecule has 0 spiro atoms. The number of rotatable bonds is 8. The second-order valence-electron chi connectivity index (χ2n) is 10.4. The zero-order valence-corrected chi connectivity index (χ0v) is 24.2. The molecule has 2 aromatic heterocycles. The summed E-state index contributed by atoms with van der Waals surface area (Å²) in [5, 5.41) is 6.22. The second kappa shape index (κ2) is 12.2. The quantitative estimate of drug-likeness (QED) is 0.295. The molecular formula is C30H31N9O3S. The number of urea groups is 1. The molecule has 2 aliphatic rings. The fraction of sp³-hybridized carbons (Fsp3) is 0.267. The lowest BCUT2D eigenvalue weighted by Crippen LogP contribution is -2.76. The van der Waals surface area contributed by atoms with Gasteiger partial charge in [0.05, 0.1) is 28.8 Å². The highest BCUT2D eigenvalue weighted by molar-refractivity contribution is 7.16. The van der Waals surface area contributed by atoms with Gasteiger partial charge in [0.25, 0.3) is 0 Å². The minimum Gasteiger partial charge on any atom is -0.368 e. The van der Waals surface area contributed by atoms with Crippen molar-refractivity contribution in [3.63, 3.8) is 0 Å². The Morgan fingerprint density at radius 3 is 2.74 bits per heavy atom. The van der Waals surface area contributed by atoms with Crippen molar-refractivity contribution in [3.8, 4) is 0 Å². The fourth-order valence-corrected chi connectivity index (χ4v) is 6.43. The number of hydrogen-bond acceptors (Lipinski definition) is 9. The molecule has 3 N–H and O–H groups in total. The Morgan fingerprint density at radius 1 is 1.12 bits per heavy atom. The summed E-state index contributed by atoms with van der Waals surface area (Å²) in [4.78, 5) is 57.8. The van der Waals surface area contributed by atoms with Gasteiger partial charge in [-0.3, -0.25) is 9.59 Å². The van der Waals surface area contributed by atoms with Crippen molar-refractivity contribution in [2.75, 3.05) is 25.4 Å². The first-order valence-electron chi connectivity index (χ1n) is 13.9. The number of hydrazine groups is 1. The number of fused-ring (bicyclic) bond motifs is 2. The molecule has 2 aromatic carbocycles. The summed E-state index contributed by atoms with van der Waals surface area (Å²) in [6.07, 6.45) is 2.52. The van der Waals surface area contributed by atoms with Crippen LogP contribution in [0.4, 0.5) is 10.7 Å². The molecule has 2 atom stereocenters. The zero-order chi connectivity index (χ0) is 29.9. The topological polar surface area (TPSA) is 141 Å². The number of nitrogens with two attached hydrogens (primary N) is 1. The number of anilines is 1. The van der Waals surface area contributed by atoms with Gasteiger partial charge in [-0.2, -0.15) is 0 Å². The minimum atomic E-state index is -0.912. The molecule has 0 aliphatic carbocycles. The van der Waals surface area contributed by atoms with E-state index < -0.39 is 12.2 Å². The number of para-hydroxylation sites is 1. The Morgan fingerprint density at radius 2 is 1.95 bits per heavy atom. The van der Waals surface area contributed by atoms with Crippen molar-refractivity contribution in [2.24, 2.45) is 0 Å². The highest BCUT2D eigenvalue weighted by Crippen LogP contribution is 2.30. The Kier molecular flexibility index (Phi) is 7.99. The van der Waals surface area contributed by atoms with Crippen molar-refractivity contribution in [1.82, 2.24) is 40.1 Å². The molecule has 13 heteroatoms. The van der Waals surface area contributed by atoms with Crippen LogP contribution in [0.15, 0.2) is 79.0 Å². The van der Waals surface area contributed by atoms with Crippen LogP contribution in [0.1, 0.15) is 16.8 Å². The number of hydrogen-bond donors (Lipinski definition) is 2. The normalized spacial score (nSPS) is 19.0. The number of carbonyl (C=O) groups is 3. The van der Waals surface area contributed by atoms with Crippen LogP contribution in [0.25, 0.3) is 10.2 Å². The number of aromatic nitrogens is 3. The van der Waals surface area contributed by atoms with E-state index in [4.69, 9.17) is 5.73 Å². The van der Waals surface area contributed by atoms with Gasteiger partial charge in [-0.15, -0.1) is 17.9 Å². The van der Waals surface area contributed by atoms with Crippen molar-refractivity contribution in [3.05, 3.63) is 95.8 Å². The summed E-state index contributed by atoms with van der Waals surface area (Å²) in [5.74, 6) is -0.426. The highest BCUT2D eigenvalue weighted by atomic mass is 32.1. The molecule has 4 amide bonds. The third kappa shape index (κ3) is 5.76. The van der Waals surface area contributed by atoms with Crippen LogP contribution in [0.2, 0.25) is 0 Å². The number of amides is 4. The number of carbonyl (C=O) groups excluding carboxylic acids is 3. The van der Waals surface area contributed by atoms with E-state index in [1.54, 1.807) is 32.6 Å². The Bertz CT molecular complexity index is 1660. The van der Waals surface area contributed by atoms with Crippen molar-refractivity contribution >= 4 is 45.3 Å². The van der Waals surface area contributed by atoms with Gasteiger partial charge in [0.1, 0.15) is 12.2 Å². The maximum absolute atomic E-state index is 14.2. The third-order valence-corrected chi connectivity index (χ3v) is 8.40. The Hall–Kier alpha value is -4.88. The minimum absolute atomic E-state index is 0.0772. The van der Waals surface area contributed by atoms with Crippen LogP contribution < -0.4 is 11.1 Å². The van der Waals surface area contributed by atoms with Crippen LogP contribution in [0.5, 0.6) is 0 Å². The highest BCUT2D eigenvalue weighted by Gasteiger charge is 2.51. The SMILES string of the molecule is C=CCN1CC(=O)N2[C@@H](Cc3ccnc(N)n3)C(=O)N(Cc3cccc4scnc34)C[C@@H]2N1C(=O)NCc1ccccc1.